The van der Waals surface area contributed by atoms with E-state index in [1.54, 1.807) is 6.20 Å². The van der Waals surface area contributed by atoms with Crippen molar-refractivity contribution in [1.29, 1.82) is 0 Å². The molecule has 0 spiro atoms. The van der Waals surface area contributed by atoms with Crippen molar-refractivity contribution in [2.75, 3.05) is 25.0 Å². The van der Waals surface area contributed by atoms with Gasteiger partial charge in [0.1, 0.15) is 5.76 Å². The van der Waals surface area contributed by atoms with Crippen molar-refractivity contribution in [2.45, 2.75) is 45.2 Å². The summed E-state index contributed by atoms with van der Waals surface area (Å²) in [5.74, 6) is 3.10. The second-order valence-electron chi connectivity index (χ2n) is 6.58. The van der Waals surface area contributed by atoms with Gasteiger partial charge in [-0.15, -0.1) is 5.10 Å². The highest BCUT2D eigenvalue weighted by Crippen LogP contribution is 2.24. The zero-order valence-electron chi connectivity index (χ0n) is 14.1. The minimum Gasteiger partial charge on any atom is -0.444 e. The van der Waals surface area contributed by atoms with Crippen molar-refractivity contribution in [3.05, 3.63) is 36.2 Å². The van der Waals surface area contributed by atoms with E-state index in [0.717, 1.165) is 37.1 Å². The van der Waals surface area contributed by atoms with E-state index in [2.05, 4.69) is 45.9 Å². The Hall–Kier alpha value is -1.95. The quantitative estimate of drug-likeness (QED) is 0.817. The van der Waals surface area contributed by atoms with Crippen LogP contribution in [-0.2, 0) is 6.54 Å². The first-order valence-corrected chi connectivity index (χ1v) is 8.31. The number of nitrogens with zero attached hydrogens (tertiary/aromatic N) is 5. The molecule has 0 aromatic carbocycles. The summed E-state index contributed by atoms with van der Waals surface area (Å²) in [7, 11) is 2.12. The molecule has 2 aromatic rings. The molecule has 3 rings (SSSR count). The molecule has 0 amide bonds. The Kier molecular flexibility index (Phi) is 4.91. The van der Waals surface area contributed by atoms with Crippen LogP contribution >= 0.6 is 0 Å². The van der Waals surface area contributed by atoms with Crippen LogP contribution in [0.5, 0.6) is 0 Å². The van der Waals surface area contributed by atoms with Crippen LogP contribution in [0.15, 0.2) is 28.9 Å². The van der Waals surface area contributed by atoms with Crippen molar-refractivity contribution in [3.63, 3.8) is 0 Å². The minimum absolute atomic E-state index is 0.378. The monoisotopic (exact) mass is 315 g/mol. The van der Waals surface area contributed by atoms with Crippen molar-refractivity contribution < 1.29 is 4.42 Å². The molecule has 0 bridgehead atoms. The molecule has 1 fully saturated rings. The zero-order valence-corrected chi connectivity index (χ0v) is 14.1. The third-order valence-corrected chi connectivity index (χ3v) is 4.30. The summed E-state index contributed by atoms with van der Waals surface area (Å²) in [6.07, 6.45) is 5.94. The average molecular weight is 315 g/mol. The standard InChI is InChI=1S/C17H25N5O/c1-13(2)15-10-18-17(23-15)12-21(3)11-14-6-5-9-22(14)16-7-4-8-19-20-16/h4,7-8,10,13-14H,5-6,9,11-12H2,1-3H3. The molecule has 23 heavy (non-hydrogen) atoms. The van der Waals surface area contributed by atoms with E-state index < -0.39 is 0 Å². The van der Waals surface area contributed by atoms with Gasteiger partial charge in [0.25, 0.3) is 0 Å². The Balaban J connectivity index is 1.59. The molecule has 1 unspecified atom stereocenters. The molecular formula is C17H25N5O. The lowest BCUT2D eigenvalue weighted by Gasteiger charge is -2.28. The van der Waals surface area contributed by atoms with Gasteiger partial charge in [-0.05, 0) is 32.0 Å². The van der Waals surface area contributed by atoms with Crippen LogP contribution in [0.25, 0.3) is 0 Å². The van der Waals surface area contributed by atoms with Crippen LogP contribution in [0.1, 0.15) is 44.3 Å². The van der Waals surface area contributed by atoms with Gasteiger partial charge < -0.3 is 9.32 Å². The Bertz CT molecular complexity index is 612. The number of likely N-dealkylation sites (N-methyl/N-ethyl adjacent to an activating group) is 1. The molecular weight excluding hydrogens is 290 g/mol. The average Bonchev–Trinajstić information content (AvgIpc) is 3.17. The van der Waals surface area contributed by atoms with Crippen molar-refractivity contribution in [3.8, 4) is 0 Å². The molecule has 3 heterocycles. The summed E-state index contributed by atoms with van der Waals surface area (Å²) in [5.41, 5.74) is 0. The Morgan fingerprint density at radius 1 is 1.43 bits per heavy atom. The third-order valence-electron chi connectivity index (χ3n) is 4.30. The van der Waals surface area contributed by atoms with E-state index in [-0.39, 0.29) is 0 Å². The maximum atomic E-state index is 5.80. The summed E-state index contributed by atoms with van der Waals surface area (Å²) < 4.78 is 5.80. The predicted octanol–water partition coefficient (Wildman–Crippen LogP) is 2.69. The fourth-order valence-electron chi connectivity index (χ4n) is 3.09. The number of oxazole rings is 1. The van der Waals surface area contributed by atoms with Gasteiger partial charge in [-0.2, -0.15) is 5.10 Å². The highest BCUT2D eigenvalue weighted by Gasteiger charge is 2.27. The molecule has 0 N–H and O–H groups in total. The number of hydrogen-bond donors (Lipinski definition) is 0. The van der Waals surface area contributed by atoms with E-state index in [1.165, 1.54) is 12.8 Å². The van der Waals surface area contributed by atoms with Crippen molar-refractivity contribution in [2.24, 2.45) is 0 Å². The second kappa shape index (κ2) is 7.08. The Morgan fingerprint density at radius 3 is 3.00 bits per heavy atom. The van der Waals surface area contributed by atoms with Crippen LogP contribution in [-0.4, -0.2) is 46.3 Å². The van der Waals surface area contributed by atoms with Crippen LogP contribution in [0.2, 0.25) is 0 Å². The first-order valence-electron chi connectivity index (χ1n) is 8.31. The fourth-order valence-corrected chi connectivity index (χ4v) is 3.09. The largest absolute Gasteiger partial charge is 0.444 e. The van der Waals surface area contributed by atoms with Gasteiger partial charge in [-0.25, -0.2) is 4.98 Å². The number of rotatable bonds is 6. The number of anilines is 1. The lowest BCUT2D eigenvalue weighted by molar-refractivity contribution is 0.266. The molecule has 6 heteroatoms. The van der Waals surface area contributed by atoms with E-state index in [9.17, 15) is 0 Å². The molecule has 1 aliphatic heterocycles. The topological polar surface area (TPSA) is 58.3 Å². The van der Waals surface area contributed by atoms with E-state index >= 15 is 0 Å². The van der Waals surface area contributed by atoms with Gasteiger partial charge in [0, 0.05) is 31.2 Å². The fraction of sp³-hybridized carbons (Fsp3) is 0.588. The molecule has 6 nitrogen and oxygen atoms in total. The minimum atomic E-state index is 0.378. The lowest BCUT2D eigenvalue weighted by Crippen LogP contribution is -2.39. The summed E-state index contributed by atoms with van der Waals surface area (Å²) in [6, 6.07) is 4.45. The highest BCUT2D eigenvalue weighted by atomic mass is 16.4. The molecule has 124 valence electrons. The molecule has 0 radical (unpaired) electrons. The molecule has 0 aliphatic carbocycles. The zero-order chi connectivity index (χ0) is 16.2. The second-order valence-corrected chi connectivity index (χ2v) is 6.58. The molecule has 1 saturated heterocycles. The van der Waals surface area contributed by atoms with Gasteiger partial charge >= 0.3 is 0 Å². The summed E-state index contributed by atoms with van der Waals surface area (Å²) in [4.78, 5) is 9.02. The van der Waals surface area contributed by atoms with Gasteiger partial charge in [0.2, 0.25) is 5.89 Å². The smallest absolute Gasteiger partial charge is 0.208 e. The van der Waals surface area contributed by atoms with E-state index in [0.29, 0.717) is 12.0 Å². The molecule has 0 saturated carbocycles. The summed E-state index contributed by atoms with van der Waals surface area (Å²) >= 11 is 0. The predicted molar refractivity (Wildman–Crippen MR) is 89.3 cm³/mol. The van der Waals surface area contributed by atoms with Crippen molar-refractivity contribution >= 4 is 5.82 Å². The van der Waals surface area contributed by atoms with Gasteiger partial charge in [0.15, 0.2) is 5.82 Å². The lowest BCUT2D eigenvalue weighted by atomic mass is 10.2. The first-order chi connectivity index (χ1) is 11.1. The maximum Gasteiger partial charge on any atom is 0.208 e. The Labute approximate surface area is 137 Å². The van der Waals surface area contributed by atoms with Crippen LogP contribution in [0, 0.1) is 0 Å². The van der Waals surface area contributed by atoms with E-state index in [1.807, 2.05) is 18.3 Å². The summed E-state index contributed by atoms with van der Waals surface area (Å²) in [6.45, 7) is 6.98. The molecule has 1 atom stereocenters. The van der Waals surface area contributed by atoms with Crippen LogP contribution < -0.4 is 4.90 Å². The normalized spacial score (nSPS) is 18.3. The van der Waals surface area contributed by atoms with Gasteiger partial charge in [0.05, 0.1) is 12.7 Å². The van der Waals surface area contributed by atoms with Crippen LogP contribution in [0.3, 0.4) is 0 Å². The Morgan fingerprint density at radius 2 is 2.30 bits per heavy atom. The third kappa shape index (κ3) is 3.88. The van der Waals surface area contributed by atoms with Gasteiger partial charge in [-0.3, -0.25) is 4.90 Å². The van der Waals surface area contributed by atoms with Crippen LogP contribution in [0.4, 0.5) is 5.82 Å². The first kappa shape index (κ1) is 15.9. The molecule has 2 aromatic heterocycles. The van der Waals surface area contributed by atoms with E-state index in [4.69, 9.17) is 4.42 Å². The highest BCUT2D eigenvalue weighted by molar-refractivity contribution is 5.39. The summed E-state index contributed by atoms with van der Waals surface area (Å²) in [5, 5.41) is 8.25. The van der Waals surface area contributed by atoms with Crippen molar-refractivity contribution in [1.82, 2.24) is 20.1 Å². The molecule has 1 aliphatic rings. The van der Waals surface area contributed by atoms with Gasteiger partial charge in [-0.1, -0.05) is 13.8 Å². The number of hydrogen-bond acceptors (Lipinski definition) is 6. The maximum absolute atomic E-state index is 5.80. The SMILES string of the molecule is CC(C)c1cnc(CN(C)CC2CCCN2c2cccnn2)o1. The number of aromatic nitrogens is 3.